The van der Waals surface area contributed by atoms with E-state index in [2.05, 4.69) is 0 Å². The van der Waals surface area contributed by atoms with E-state index in [0.29, 0.717) is 12.8 Å². The van der Waals surface area contributed by atoms with Gasteiger partial charge in [0.05, 0.1) is 0 Å². The zero-order valence-corrected chi connectivity index (χ0v) is 12.5. The van der Waals surface area contributed by atoms with Crippen molar-refractivity contribution in [2.45, 2.75) is 78.4 Å². The average Bonchev–Trinajstić information content (AvgIpc) is 2.25. The summed E-state index contributed by atoms with van der Waals surface area (Å²) in [5, 5.41) is 0. The van der Waals surface area contributed by atoms with Gasteiger partial charge < -0.3 is 9.47 Å². The van der Waals surface area contributed by atoms with Crippen LogP contribution in [-0.4, -0.2) is 23.1 Å². The highest BCUT2D eigenvalue weighted by Crippen LogP contribution is 2.29. The highest BCUT2D eigenvalue weighted by Gasteiger charge is 2.32. The van der Waals surface area contributed by atoms with Gasteiger partial charge in [-0.3, -0.25) is 9.59 Å². The Balaban J connectivity index is 4.57. The van der Waals surface area contributed by atoms with E-state index < -0.39 is 11.2 Å². The highest BCUT2D eigenvalue weighted by atomic mass is 16.6. The van der Waals surface area contributed by atoms with Crippen LogP contribution >= 0.6 is 0 Å². The van der Waals surface area contributed by atoms with Crippen LogP contribution in [0.15, 0.2) is 0 Å². The summed E-state index contributed by atoms with van der Waals surface area (Å²) < 4.78 is 10.7. The molecular formula is C14H26O4. The minimum absolute atomic E-state index is 0.273. The molecule has 18 heavy (non-hydrogen) atoms. The molecule has 0 aromatic rings. The first-order valence-corrected chi connectivity index (χ1v) is 6.55. The molecule has 2 atom stereocenters. The van der Waals surface area contributed by atoms with Crippen LogP contribution in [0.2, 0.25) is 0 Å². The number of hydrogen-bond acceptors (Lipinski definition) is 4. The average molecular weight is 258 g/mol. The Bertz CT molecular complexity index is 270. The lowest BCUT2D eigenvalue weighted by Crippen LogP contribution is -2.36. The zero-order chi connectivity index (χ0) is 14.4. The molecule has 0 rings (SSSR count). The van der Waals surface area contributed by atoms with E-state index in [-0.39, 0.29) is 11.9 Å². The second-order valence-corrected chi connectivity index (χ2v) is 5.29. The summed E-state index contributed by atoms with van der Waals surface area (Å²) in [7, 11) is 0. The van der Waals surface area contributed by atoms with Crippen molar-refractivity contribution >= 4 is 11.9 Å². The van der Waals surface area contributed by atoms with Crippen LogP contribution in [0.5, 0.6) is 0 Å². The Kier molecular flexibility index (Phi) is 6.36. The van der Waals surface area contributed by atoms with E-state index in [9.17, 15) is 9.59 Å². The zero-order valence-electron chi connectivity index (χ0n) is 12.5. The van der Waals surface area contributed by atoms with Gasteiger partial charge >= 0.3 is 11.9 Å². The quantitative estimate of drug-likeness (QED) is 0.658. The van der Waals surface area contributed by atoms with E-state index in [1.165, 1.54) is 13.8 Å². The monoisotopic (exact) mass is 258 g/mol. The lowest BCUT2D eigenvalue weighted by Gasteiger charge is -2.34. The van der Waals surface area contributed by atoms with E-state index in [4.69, 9.17) is 9.47 Å². The molecule has 4 heteroatoms. The second-order valence-electron chi connectivity index (χ2n) is 5.29. The maximum atomic E-state index is 11.1. The van der Waals surface area contributed by atoms with Gasteiger partial charge in [-0.05, 0) is 39.5 Å². The van der Waals surface area contributed by atoms with Gasteiger partial charge in [0, 0.05) is 13.8 Å². The lowest BCUT2D eigenvalue weighted by molar-refractivity contribution is -0.164. The minimum Gasteiger partial charge on any atom is -0.460 e. The van der Waals surface area contributed by atoms with E-state index in [1.54, 1.807) is 0 Å². The van der Waals surface area contributed by atoms with Gasteiger partial charge in [0.25, 0.3) is 0 Å². The van der Waals surface area contributed by atoms with E-state index in [1.807, 2.05) is 27.7 Å². The lowest BCUT2D eigenvalue weighted by atomic mass is 9.88. The van der Waals surface area contributed by atoms with Gasteiger partial charge in [-0.1, -0.05) is 13.8 Å². The summed E-state index contributed by atoms with van der Waals surface area (Å²) in [6.45, 7) is 10.6. The van der Waals surface area contributed by atoms with Crippen molar-refractivity contribution in [2.24, 2.45) is 0 Å². The molecule has 0 aliphatic rings. The summed E-state index contributed by atoms with van der Waals surface area (Å²) in [4.78, 5) is 22.2. The topological polar surface area (TPSA) is 52.6 Å². The summed E-state index contributed by atoms with van der Waals surface area (Å²) in [6, 6.07) is 0. The van der Waals surface area contributed by atoms with Gasteiger partial charge in [0.15, 0.2) is 0 Å². The first-order valence-electron chi connectivity index (χ1n) is 6.55. The van der Waals surface area contributed by atoms with Crippen molar-refractivity contribution in [1.82, 2.24) is 0 Å². The Hall–Kier alpha value is -1.06. The second kappa shape index (κ2) is 6.76. The Labute approximate surface area is 110 Å². The molecule has 0 bridgehead atoms. The number of rotatable bonds is 7. The predicted octanol–water partition coefficient (Wildman–Crippen LogP) is 3.23. The molecule has 0 heterocycles. The van der Waals surface area contributed by atoms with Crippen molar-refractivity contribution in [3.8, 4) is 0 Å². The molecule has 0 saturated heterocycles. The van der Waals surface area contributed by atoms with Gasteiger partial charge in [0.2, 0.25) is 0 Å². The summed E-state index contributed by atoms with van der Waals surface area (Å²) >= 11 is 0. The summed E-state index contributed by atoms with van der Waals surface area (Å²) in [6.07, 6.45) is 2.85. The molecule has 106 valence electrons. The molecule has 0 aromatic carbocycles. The standard InChI is InChI=1S/C14H26O4/c1-7-13(5,17-11(3)15)9-10-14(6,8-2)18-12(4)16/h7-10H2,1-6H3. The predicted molar refractivity (Wildman–Crippen MR) is 70.2 cm³/mol. The maximum Gasteiger partial charge on any atom is 0.303 e. The third-order valence-corrected chi connectivity index (χ3v) is 3.46. The highest BCUT2D eigenvalue weighted by molar-refractivity contribution is 5.67. The van der Waals surface area contributed by atoms with Gasteiger partial charge in [-0.2, -0.15) is 0 Å². The van der Waals surface area contributed by atoms with Crippen molar-refractivity contribution in [3.63, 3.8) is 0 Å². The van der Waals surface area contributed by atoms with E-state index >= 15 is 0 Å². The summed E-state index contributed by atoms with van der Waals surface area (Å²) in [5.41, 5.74) is -0.967. The van der Waals surface area contributed by atoms with Crippen LogP contribution in [0.4, 0.5) is 0 Å². The molecule has 0 aliphatic heterocycles. The van der Waals surface area contributed by atoms with Crippen LogP contribution in [0.25, 0.3) is 0 Å². The molecule has 0 fully saturated rings. The van der Waals surface area contributed by atoms with E-state index in [0.717, 1.165) is 12.8 Å². The maximum absolute atomic E-state index is 11.1. The molecule has 0 saturated carbocycles. The Morgan fingerprint density at radius 1 is 0.833 bits per heavy atom. The van der Waals surface area contributed by atoms with Crippen molar-refractivity contribution in [2.75, 3.05) is 0 Å². The fraction of sp³-hybridized carbons (Fsp3) is 0.857. The molecule has 2 unspecified atom stereocenters. The molecule has 4 nitrogen and oxygen atoms in total. The first-order chi connectivity index (χ1) is 8.16. The van der Waals surface area contributed by atoms with Gasteiger partial charge in [-0.25, -0.2) is 0 Å². The molecule has 0 aromatic heterocycles. The fourth-order valence-corrected chi connectivity index (χ4v) is 1.82. The largest absolute Gasteiger partial charge is 0.460 e. The number of carbonyl (C=O) groups is 2. The van der Waals surface area contributed by atoms with Crippen molar-refractivity contribution in [3.05, 3.63) is 0 Å². The minimum atomic E-state index is -0.484. The molecule has 0 N–H and O–H groups in total. The molecular weight excluding hydrogens is 232 g/mol. The third kappa shape index (κ3) is 6.03. The normalized spacial score (nSPS) is 17.4. The van der Waals surface area contributed by atoms with Crippen LogP contribution in [0, 0.1) is 0 Å². The Morgan fingerprint density at radius 3 is 1.28 bits per heavy atom. The Morgan fingerprint density at radius 2 is 1.11 bits per heavy atom. The van der Waals surface area contributed by atoms with Crippen molar-refractivity contribution < 1.29 is 19.1 Å². The van der Waals surface area contributed by atoms with Crippen LogP contribution in [0.1, 0.15) is 67.2 Å². The van der Waals surface area contributed by atoms with Crippen LogP contribution in [-0.2, 0) is 19.1 Å². The van der Waals surface area contributed by atoms with Gasteiger partial charge in [0.1, 0.15) is 11.2 Å². The van der Waals surface area contributed by atoms with Crippen molar-refractivity contribution in [1.29, 1.82) is 0 Å². The molecule has 0 spiro atoms. The molecule has 0 amide bonds. The SMILES string of the molecule is CCC(C)(CCC(C)(CC)OC(C)=O)OC(C)=O. The smallest absolute Gasteiger partial charge is 0.303 e. The number of hydrogen-bond donors (Lipinski definition) is 0. The third-order valence-electron chi connectivity index (χ3n) is 3.46. The van der Waals surface area contributed by atoms with Crippen LogP contribution in [0.3, 0.4) is 0 Å². The molecule has 0 aliphatic carbocycles. The first kappa shape index (κ1) is 16.9. The van der Waals surface area contributed by atoms with Gasteiger partial charge in [-0.15, -0.1) is 0 Å². The number of carbonyl (C=O) groups excluding carboxylic acids is 2. The summed E-state index contributed by atoms with van der Waals surface area (Å²) in [5.74, 6) is -0.546. The van der Waals surface area contributed by atoms with Crippen LogP contribution < -0.4 is 0 Å². The fourth-order valence-electron chi connectivity index (χ4n) is 1.82. The number of esters is 2. The molecule has 0 radical (unpaired) electrons. The number of ether oxygens (including phenoxy) is 2.